The van der Waals surface area contributed by atoms with Gasteiger partial charge in [-0.2, -0.15) is 13.2 Å². The van der Waals surface area contributed by atoms with Crippen LogP contribution in [0.1, 0.15) is 6.42 Å². The Morgan fingerprint density at radius 2 is 1.36 bits per heavy atom. The van der Waals surface area contributed by atoms with Crippen LogP contribution in [-0.2, 0) is 19.1 Å². The Morgan fingerprint density at radius 1 is 1.14 bits per heavy atom. The Balaban J connectivity index is 0. The minimum Gasteiger partial charge on any atom is -0.469 e. The zero-order chi connectivity index (χ0) is 11.8. The zero-order valence-corrected chi connectivity index (χ0v) is 8.94. The number of rotatable bonds is 2. The van der Waals surface area contributed by atoms with Crippen molar-refractivity contribution in [3.05, 3.63) is 0 Å². The van der Waals surface area contributed by atoms with E-state index >= 15 is 0 Å². The molecule has 0 unspecified atom stereocenters. The molecule has 0 aliphatic heterocycles. The first-order chi connectivity index (χ1) is 6.20. The zero-order valence-electron chi connectivity index (χ0n) is 7.35. The molecule has 84 valence electrons. The fourth-order valence-electron chi connectivity index (χ4n) is 0.262. The second-order valence-corrected chi connectivity index (χ2v) is 2.66. The molecule has 0 aliphatic carbocycles. The second kappa shape index (κ2) is 7.60. The third-order valence-electron chi connectivity index (χ3n) is 0.744. The summed E-state index contributed by atoms with van der Waals surface area (Å²) in [5, 5.41) is -4.19. The molecule has 8 heteroatoms. The van der Waals surface area contributed by atoms with Gasteiger partial charge in [-0.25, -0.2) is 0 Å². The number of hydrogen-bond donors (Lipinski definition) is 0. The van der Waals surface area contributed by atoms with Gasteiger partial charge < -0.3 is 9.47 Å². The molecule has 0 rings (SSSR count). The maximum Gasteiger partial charge on any atom is 0.448 e. The topological polar surface area (TPSA) is 52.6 Å². The quantitative estimate of drug-likeness (QED) is 0.438. The highest BCUT2D eigenvalue weighted by Crippen LogP contribution is 2.21. The first kappa shape index (κ1) is 15.7. The van der Waals surface area contributed by atoms with Crippen molar-refractivity contribution in [2.24, 2.45) is 0 Å². The Bertz CT molecular complexity index is 172. The van der Waals surface area contributed by atoms with Crippen molar-refractivity contribution in [2.75, 3.05) is 14.2 Å². The van der Waals surface area contributed by atoms with E-state index in [-0.39, 0.29) is 6.42 Å². The minimum absolute atomic E-state index is 0.312. The number of alkyl halides is 4. The van der Waals surface area contributed by atoms with Crippen molar-refractivity contribution < 1.29 is 32.2 Å². The van der Waals surface area contributed by atoms with Crippen LogP contribution in [-0.4, -0.2) is 31.2 Å². The molecule has 0 aliphatic rings. The van der Waals surface area contributed by atoms with E-state index in [1.165, 1.54) is 30.1 Å². The number of halogens is 4. The lowest BCUT2D eigenvalue weighted by atomic mass is 10.4. The van der Waals surface area contributed by atoms with E-state index in [1.54, 1.807) is 0 Å². The maximum atomic E-state index is 10.3. The average Bonchev–Trinajstić information content (AvgIpc) is 2.01. The summed E-state index contributed by atoms with van der Waals surface area (Å²) in [6.45, 7) is 0. The number of carbonyl (C=O) groups is 2. The lowest BCUT2D eigenvalue weighted by Crippen LogP contribution is -2.09. The van der Waals surface area contributed by atoms with Crippen LogP contribution < -0.4 is 0 Å². The number of carbonyl (C=O) groups excluding carboxylic acids is 2. The van der Waals surface area contributed by atoms with E-state index in [2.05, 4.69) is 9.47 Å². The SMILES string of the molecule is COC(=O)CC(=O)OC.FC(F)(F)Br. The van der Waals surface area contributed by atoms with Crippen molar-refractivity contribution in [1.82, 2.24) is 0 Å². The summed E-state index contributed by atoms with van der Waals surface area (Å²) in [5.41, 5.74) is 0. The van der Waals surface area contributed by atoms with Crippen LogP contribution >= 0.6 is 15.9 Å². The Labute approximate surface area is 86.5 Å². The maximum absolute atomic E-state index is 10.3. The summed E-state index contributed by atoms with van der Waals surface area (Å²) in [7, 11) is 2.43. The van der Waals surface area contributed by atoms with Gasteiger partial charge in [-0.1, -0.05) is 0 Å². The van der Waals surface area contributed by atoms with Gasteiger partial charge in [-0.05, 0) is 0 Å². The molecule has 0 bridgehead atoms. The molecule has 0 aromatic rings. The van der Waals surface area contributed by atoms with Gasteiger partial charge in [0.15, 0.2) is 0 Å². The van der Waals surface area contributed by atoms with Crippen LogP contribution in [0.4, 0.5) is 13.2 Å². The largest absolute Gasteiger partial charge is 0.469 e. The van der Waals surface area contributed by atoms with E-state index in [0.29, 0.717) is 0 Å². The summed E-state index contributed by atoms with van der Waals surface area (Å²) in [6.07, 6.45) is -0.312. The van der Waals surface area contributed by atoms with Crippen molar-refractivity contribution in [3.63, 3.8) is 0 Å². The molecular weight excluding hydrogens is 273 g/mol. The van der Waals surface area contributed by atoms with Crippen LogP contribution in [0.2, 0.25) is 0 Å². The normalized spacial score (nSPS) is 9.57. The Morgan fingerprint density at radius 3 is 1.50 bits per heavy atom. The van der Waals surface area contributed by atoms with Gasteiger partial charge in [-0.15, -0.1) is 0 Å². The highest BCUT2D eigenvalue weighted by molar-refractivity contribution is 9.09. The molecule has 0 heterocycles. The van der Waals surface area contributed by atoms with Crippen LogP contribution in [0.25, 0.3) is 0 Å². The van der Waals surface area contributed by atoms with Gasteiger partial charge in [-0.3, -0.25) is 9.59 Å². The summed E-state index contributed by atoms with van der Waals surface area (Å²) in [4.78, 5) is 20.5. The standard InChI is InChI=1S/C5H8O4.CBrF3/c1-8-4(6)3-5(7)9-2;2-1(3,4)5/h3H2,1-2H3;. The predicted molar refractivity (Wildman–Crippen MR) is 43.6 cm³/mol. The third-order valence-corrected chi connectivity index (χ3v) is 0.744. The van der Waals surface area contributed by atoms with E-state index in [9.17, 15) is 22.8 Å². The molecule has 0 N–H and O–H groups in total. The van der Waals surface area contributed by atoms with Crippen LogP contribution in [0, 0.1) is 0 Å². The van der Waals surface area contributed by atoms with Gasteiger partial charge in [0.2, 0.25) is 0 Å². The summed E-state index contributed by atoms with van der Waals surface area (Å²) in [6, 6.07) is 0. The van der Waals surface area contributed by atoms with E-state index in [4.69, 9.17) is 0 Å². The highest BCUT2D eigenvalue weighted by atomic mass is 79.9. The molecule has 0 atom stereocenters. The molecule has 0 saturated heterocycles. The van der Waals surface area contributed by atoms with Crippen molar-refractivity contribution in [1.29, 1.82) is 0 Å². The van der Waals surface area contributed by atoms with Crippen LogP contribution in [0.5, 0.6) is 0 Å². The smallest absolute Gasteiger partial charge is 0.448 e. The third kappa shape index (κ3) is 22.5. The molecule has 0 spiro atoms. The van der Waals surface area contributed by atoms with Gasteiger partial charge in [0.05, 0.1) is 14.2 Å². The molecule has 0 radical (unpaired) electrons. The predicted octanol–water partition coefficient (Wildman–Crippen LogP) is 1.62. The number of esters is 2. The summed E-state index contributed by atoms with van der Waals surface area (Å²) >= 11 is 1.38. The first-order valence-corrected chi connectivity index (χ1v) is 3.89. The van der Waals surface area contributed by atoms with Crippen molar-refractivity contribution in [2.45, 2.75) is 11.5 Å². The molecule has 14 heavy (non-hydrogen) atoms. The van der Waals surface area contributed by atoms with Crippen LogP contribution in [0.3, 0.4) is 0 Å². The number of ether oxygens (including phenoxy) is 2. The summed E-state index contributed by atoms with van der Waals surface area (Å²) in [5.74, 6) is -1.16. The molecular formula is C6H8BrF3O4. The minimum atomic E-state index is -4.19. The van der Waals surface area contributed by atoms with E-state index in [0.717, 1.165) is 0 Å². The number of methoxy groups -OCH3 is 2. The van der Waals surface area contributed by atoms with Gasteiger partial charge in [0, 0.05) is 15.9 Å². The monoisotopic (exact) mass is 280 g/mol. The molecule has 0 amide bonds. The first-order valence-electron chi connectivity index (χ1n) is 3.10. The molecule has 0 fully saturated rings. The average molecular weight is 281 g/mol. The Kier molecular flexibility index (Phi) is 8.51. The fourth-order valence-corrected chi connectivity index (χ4v) is 0.262. The van der Waals surface area contributed by atoms with Gasteiger partial charge in [0.1, 0.15) is 6.42 Å². The molecule has 0 saturated carbocycles. The fraction of sp³-hybridized carbons (Fsp3) is 0.667. The van der Waals surface area contributed by atoms with E-state index in [1.807, 2.05) is 0 Å². The lowest BCUT2D eigenvalue weighted by molar-refractivity contribution is -0.151. The summed E-state index contributed by atoms with van der Waals surface area (Å²) < 4.78 is 39.2. The van der Waals surface area contributed by atoms with E-state index < -0.39 is 17.0 Å². The van der Waals surface area contributed by atoms with Gasteiger partial charge >= 0.3 is 17.0 Å². The highest BCUT2D eigenvalue weighted by Gasteiger charge is 2.19. The molecule has 0 aromatic heterocycles. The lowest BCUT2D eigenvalue weighted by Gasteiger charge is -1.95. The van der Waals surface area contributed by atoms with Crippen molar-refractivity contribution >= 4 is 27.9 Å². The second-order valence-electron chi connectivity index (χ2n) is 1.76. The molecule has 4 nitrogen and oxygen atoms in total. The number of hydrogen-bond acceptors (Lipinski definition) is 4. The van der Waals surface area contributed by atoms with Crippen molar-refractivity contribution in [3.8, 4) is 0 Å². The Hall–Kier alpha value is -0.790. The van der Waals surface area contributed by atoms with Gasteiger partial charge in [0.25, 0.3) is 0 Å². The molecule has 0 aromatic carbocycles. The van der Waals surface area contributed by atoms with Crippen LogP contribution in [0.15, 0.2) is 0 Å².